The predicted molar refractivity (Wildman–Crippen MR) is 91.7 cm³/mol. The molecule has 2 aromatic carbocycles. The summed E-state index contributed by atoms with van der Waals surface area (Å²) < 4.78 is 0. The predicted octanol–water partition coefficient (Wildman–Crippen LogP) is 4.33. The van der Waals surface area contributed by atoms with E-state index < -0.39 is 0 Å². The second-order valence-corrected chi connectivity index (χ2v) is 5.72. The lowest BCUT2D eigenvalue weighted by Crippen LogP contribution is -2.39. The van der Waals surface area contributed by atoms with Gasteiger partial charge in [-0.2, -0.15) is 0 Å². The first-order valence-corrected chi connectivity index (χ1v) is 8.10. The molecule has 1 saturated heterocycles. The molecule has 0 spiro atoms. The van der Waals surface area contributed by atoms with Gasteiger partial charge in [-0.3, -0.25) is 0 Å². The number of piperidine rings is 1. The molecule has 1 aliphatic heterocycles. The Balaban J connectivity index is 1.67. The van der Waals surface area contributed by atoms with Gasteiger partial charge < -0.3 is 4.84 Å². The van der Waals surface area contributed by atoms with Crippen LogP contribution >= 0.6 is 0 Å². The quantitative estimate of drug-likeness (QED) is 0.842. The fourth-order valence-corrected chi connectivity index (χ4v) is 2.76. The second-order valence-electron chi connectivity index (χ2n) is 5.72. The number of carbonyl (C=O) groups is 1. The first-order chi connectivity index (χ1) is 11.3. The first kappa shape index (κ1) is 15.5. The number of carbonyl (C=O) groups excluding carboxylic acids is 1. The molecule has 1 fully saturated rings. The highest BCUT2D eigenvalue weighted by Gasteiger charge is 2.24. The second kappa shape index (κ2) is 7.75. The third-order valence-electron chi connectivity index (χ3n) is 4.02. The van der Waals surface area contributed by atoms with Crippen LogP contribution in [0.1, 0.15) is 35.2 Å². The number of hydrogen-bond acceptors (Lipinski definition) is 3. The van der Waals surface area contributed by atoms with Gasteiger partial charge in [0.25, 0.3) is 0 Å². The van der Waals surface area contributed by atoms with Crippen molar-refractivity contribution in [1.82, 2.24) is 5.06 Å². The highest BCUT2D eigenvalue weighted by molar-refractivity contribution is 5.89. The van der Waals surface area contributed by atoms with Gasteiger partial charge in [0.1, 0.15) is 0 Å². The van der Waals surface area contributed by atoms with Gasteiger partial charge in [0, 0.05) is 6.54 Å². The van der Waals surface area contributed by atoms with Crippen molar-refractivity contribution in [3.8, 4) is 0 Å². The number of nitrogens with zero attached hydrogens (tertiary/aromatic N) is 1. The van der Waals surface area contributed by atoms with E-state index >= 15 is 0 Å². The first-order valence-electron chi connectivity index (χ1n) is 8.10. The SMILES string of the molecule is O=C(ON1CCCCC1/C=C/c1ccccc1)c1ccccc1. The summed E-state index contributed by atoms with van der Waals surface area (Å²) in [5.41, 5.74) is 1.75. The molecule has 0 aliphatic carbocycles. The molecule has 118 valence electrons. The van der Waals surface area contributed by atoms with Crippen LogP contribution in [0.5, 0.6) is 0 Å². The van der Waals surface area contributed by atoms with Gasteiger partial charge in [-0.1, -0.05) is 67.1 Å². The topological polar surface area (TPSA) is 29.5 Å². The molecule has 3 heteroatoms. The van der Waals surface area contributed by atoms with Gasteiger partial charge in [0.2, 0.25) is 0 Å². The summed E-state index contributed by atoms with van der Waals surface area (Å²) in [6.07, 6.45) is 7.44. The molecule has 0 amide bonds. The van der Waals surface area contributed by atoms with Crippen molar-refractivity contribution < 1.29 is 9.63 Å². The van der Waals surface area contributed by atoms with E-state index in [0.717, 1.165) is 31.4 Å². The molecular weight excluding hydrogens is 286 g/mol. The van der Waals surface area contributed by atoms with E-state index in [2.05, 4.69) is 24.3 Å². The normalized spacial score (nSPS) is 18.9. The van der Waals surface area contributed by atoms with Gasteiger partial charge in [-0.15, -0.1) is 5.06 Å². The van der Waals surface area contributed by atoms with Crippen LogP contribution in [0, 0.1) is 0 Å². The highest BCUT2D eigenvalue weighted by Crippen LogP contribution is 2.20. The summed E-state index contributed by atoms with van der Waals surface area (Å²) in [5.74, 6) is -0.286. The number of hydrogen-bond donors (Lipinski definition) is 0. The van der Waals surface area contributed by atoms with E-state index in [1.54, 1.807) is 12.1 Å². The molecular formula is C20H21NO2. The van der Waals surface area contributed by atoms with Gasteiger partial charge in [0.05, 0.1) is 11.6 Å². The molecule has 0 aromatic heterocycles. The monoisotopic (exact) mass is 307 g/mol. The Bertz CT molecular complexity index is 652. The lowest BCUT2D eigenvalue weighted by atomic mass is 10.0. The number of hydroxylamine groups is 2. The zero-order chi connectivity index (χ0) is 15.9. The third-order valence-corrected chi connectivity index (χ3v) is 4.02. The van der Waals surface area contributed by atoms with Crippen LogP contribution in [-0.2, 0) is 4.84 Å². The highest BCUT2D eigenvalue weighted by atomic mass is 16.7. The van der Waals surface area contributed by atoms with E-state index in [0.29, 0.717) is 5.56 Å². The van der Waals surface area contributed by atoms with Crippen LogP contribution in [0.4, 0.5) is 0 Å². The Hall–Kier alpha value is -2.39. The minimum Gasteiger partial charge on any atom is -0.363 e. The molecule has 0 N–H and O–H groups in total. The summed E-state index contributed by atoms with van der Waals surface area (Å²) >= 11 is 0. The van der Waals surface area contributed by atoms with Crippen molar-refractivity contribution in [3.05, 3.63) is 77.9 Å². The van der Waals surface area contributed by atoms with E-state index in [-0.39, 0.29) is 12.0 Å². The lowest BCUT2D eigenvalue weighted by molar-refractivity contribution is -0.139. The maximum Gasteiger partial charge on any atom is 0.357 e. The van der Waals surface area contributed by atoms with Crippen LogP contribution in [-0.4, -0.2) is 23.6 Å². The molecule has 23 heavy (non-hydrogen) atoms. The van der Waals surface area contributed by atoms with Gasteiger partial charge in [0.15, 0.2) is 0 Å². The van der Waals surface area contributed by atoms with E-state index in [4.69, 9.17) is 4.84 Å². The molecule has 0 radical (unpaired) electrons. The average molecular weight is 307 g/mol. The zero-order valence-corrected chi connectivity index (χ0v) is 13.1. The van der Waals surface area contributed by atoms with Crippen molar-refractivity contribution in [2.75, 3.05) is 6.54 Å². The fourth-order valence-electron chi connectivity index (χ4n) is 2.76. The Labute approximate surface area is 137 Å². The molecule has 1 heterocycles. The maximum absolute atomic E-state index is 12.2. The third kappa shape index (κ3) is 4.30. The molecule has 1 atom stereocenters. The van der Waals surface area contributed by atoms with Crippen LogP contribution < -0.4 is 0 Å². The maximum atomic E-state index is 12.2. The summed E-state index contributed by atoms with van der Waals surface area (Å²) in [7, 11) is 0. The van der Waals surface area contributed by atoms with Gasteiger partial charge in [-0.05, 0) is 30.5 Å². The van der Waals surface area contributed by atoms with Crippen molar-refractivity contribution in [2.45, 2.75) is 25.3 Å². The minimum atomic E-state index is -0.286. The van der Waals surface area contributed by atoms with E-state index in [1.165, 1.54) is 0 Å². The Morgan fingerprint density at radius 3 is 2.43 bits per heavy atom. The summed E-state index contributed by atoms with van der Waals surface area (Å²) in [4.78, 5) is 17.9. The molecule has 3 rings (SSSR count). The smallest absolute Gasteiger partial charge is 0.357 e. The van der Waals surface area contributed by atoms with Crippen molar-refractivity contribution in [2.24, 2.45) is 0 Å². The standard InChI is InChI=1S/C20H21NO2/c22-20(18-11-5-2-6-12-18)23-21-16-8-7-13-19(21)15-14-17-9-3-1-4-10-17/h1-6,9-12,14-15,19H,7-8,13,16H2/b15-14+. The van der Waals surface area contributed by atoms with Crippen LogP contribution in [0.15, 0.2) is 66.7 Å². The van der Waals surface area contributed by atoms with E-state index in [9.17, 15) is 4.79 Å². The molecule has 3 nitrogen and oxygen atoms in total. The number of rotatable bonds is 4. The zero-order valence-electron chi connectivity index (χ0n) is 13.1. The van der Waals surface area contributed by atoms with Crippen molar-refractivity contribution in [1.29, 1.82) is 0 Å². The molecule has 0 saturated carbocycles. The molecule has 1 aliphatic rings. The molecule has 2 aromatic rings. The summed E-state index contributed by atoms with van der Waals surface area (Å²) in [6, 6.07) is 19.5. The summed E-state index contributed by atoms with van der Waals surface area (Å²) in [6.45, 7) is 0.780. The van der Waals surface area contributed by atoms with E-state index in [1.807, 2.05) is 41.5 Å². The van der Waals surface area contributed by atoms with Crippen molar-refractivity contribution >= 4 is 12.0 Å². The van der Waals surface area contributed by atoms with Gasteiger partial charge in [-0.25, -0.2) is 4.79 Å². The molecule has 0 bridgehead atoms. The van der Waals surface area contributed by atoms with Crippen molar-refractivity contribution in [3.63, 3.8) is 0 Å². The fraction of sp³-hybridized carbons (Fsp3) is 0.250. The van der Waals surface area contributed by atoms with Crippen LogP contribution in [0.2, 0.25) is 0 Å². The Morgan fingerprint density at radius 2 is 1.70 bits per heavy atom. The Morgan fingerprint density at radius 1 is 1.00 bits per heavy atom. The Kier molecular flexibility index (Phi) is 5.22. The van der Waals surface area contributed by atoms with Crippen LogP contribution in [0.25, 0.3) is 6.08 Å². The van der Waals surface area contributed by atoms with Gasteiger partial charge >= 0.3 is 5.97 Å². The van der Waals surface area contributed by atoms with Crippen LogP contribution in [0.3, 0.4) is 0 Å². The minimum absolute atomic E-state index is 0.136. The molecule has 1 unspecified atom stereocenters. The summed E-state index contributed by atoms with van der Waals surface area (Å²) in [5, 5.41) is 1.82. The number of benzene rings is 2. The largest absolute Gasteiger partial charge is 0.363 e. The lowest BCUT2D eigenvalue weighted by Gasteiger charge is -2.31. The average Bonchev–Trinajstić information content (AvgIpc) is 2.62.